The van der Waals surface area contributed by atoms with Gasteiger partial charge in [0.15, 0.2) is 6.10 Å². The monoisotopic (exact) mass is 356 g/mol. The van der Waals surface area contributed by atoms with Crippen LogP contribution in [-0.2, 0) is 24.3 Å². The normalized spacial score (nSPS) is 21.7. The fraction of sp³-hybridized carbons (Fsp3) is 0.467. The predicted molar refractivity (Wildman–Crippen MR) is 84.8 cm³/mol. The maximum Gasteiger partial charge on any atom is 0.334 e. The van der Waals surface area contributed by atoms with Crippen LogP contribution in [0.25, 0.3) is 0 Å². The lowest BCUT2D eigenvalue weighted by molar-refractivity contribution is -0.166. The van der Waals surface area contributed by atoms with Crippen LogP contribution < -0.4 is 0 Å². The lowest BCUT2D eigenvalue weighted by Crippen LogP contribution is -2.53. The average Bonchev–Trinajstić information content (AvgIpc) is 2.54. The third-order valence-electron chi connectivity index (χ3n) is 3.70. The lowest BCUT2D eigenvalue weighted by Gasteiger charge is -2.35. The van der Waals surface area contributed by atoms with Crippen LogP contribution in [0.3, 0.4) is 0 Å². The number of hydrogen-bond acceptors (Lipinski definition) is 5. The van der Waals surface area contributed by atoms with E-state index in [0.29, 0.717) is 0 Å². The van der Waals surface area contributed by atoms with Gasteiger partial charge in [0.1, 0.15) is 0 Å². The van der Waals surface area contributed by atoms with Crippen molar-refractivity contribution in [1.29, 1.82) is 0 Å². The zero-order chi connectivity index (χ0) is 17.9. The van der Waals surface area contributed by atoms with Crippen molar-refractivity contribution in [2.45, 2.75) is 24.0 Å². The van der Waals surface area contributed by atoms with Gasteiger partial charge in [0.05, 0.1) is 24.1 Å². The summed E-state index contributed by atoms with van der Waals surface area (Å²) in [7, 11) is -2.46. The number of carboxylic acids is 1. The molecule has 1 aliphatic heterocycles. The molecule has 24 heavy (non-hydrogen) atoms. The summed E-state index contributed by atoms with van der Waals surface area (Å²) in [5.74, 6) is -1.61. The zero-order valence-electron chi connectivity index (χ0n) is 13.5. The Hall–Kier alpha value is -1.97. The minimum atomic E-state index is -3.78. The molecular weight excluding hydrogens is 336 g/mol. The van der Waals surface area contributed by atoms with E-state index in [1.165, 1.54) is 24.1 Å². The molecule has 1 amide bonds. The molecule has 1 aromatic rings. The summed E-state index contributed by atoms with van der Waals surface area (Å²) in [4.78, 5) is 24.9. The molecule has 2 rings (SSSR count). The molecule has 1 unspecified atom stereocenters. The fourth-order valence-electron chi connectivity index (χ4n) is 2.44. The Bertz CT molecular complexity index is 706. The maximum atomic E-state index is 12.4. The van der Waals surface area contributed by atoms with E-state index >= 15 is 0 Å². The van der Waals surface area contributed by atoms with Gasteiger partial charge in [-0.2, -0.15) is 4.31 Å². The van der Waals surface area contributed by atoms with Gasteiger partial charge in [0, 0.05) is 13.6 Å². The van der Waals surface area contributed by atoms with Crippen molar-refractivity contribution in [2.24, 2.45) is 0 Å². The molecule has 132 valence electrons. The van der Waals surface area contributed by atoms with Crippen LogP contribution in [0.1, 0.15) is 6.92 Å². The number of carbonyl (C=O) groups is 2. The van der Waals surface area contributed by atoms with Crippen LogP contribution in [0.2, 0.25) is 0 Å². The van der Waals surface area contributed by atoms with Crippen LogP contribution in [0.5, 0.6) is 0 Å². The van der Waals surface area contributed by atoms with E-state index in [1.54, 1.807) is 25.1 Å². The number of nitrogens with zero attached hydrogens (tertiary/aromatic N) is 2. The number of benzene rings is 1. The van der Waals surface area contributed by atoms with Crippen LogP contribution in [-0.4, -0.2) is 73.5 Å². The summed E-state index contributed by atoms with van der Waals surface area (Å²) in [6, 6.07) is 7.81. The highest BCUT2D eigenvalue weighted by molar-refractivity contribution is 7.89. The first-order valence-electron chi connectivity index (χ1n) is 7.39. The molecule has 0 aliphatic carbocycles. The van der Waals surface area contributed by atoms with Crippen molar-refractivity contribution in [3.8, 4) is 0 Å². The number of ether oxygens (including phenoxy) is 1. The molecule has 1 aromatic carbocycles. The Morgan fingerprint density at radius 1 is 1.29 bits per heavy atom. The number of amides is 1. The third kappa shape index (κ3) is 4.11. The number of rotatable bonds is 5. The highest BCUT2D eigenvalue weighted by atomic mass is 32.2. The molecule has 0 radical (unpaired) electrons. The van der Waals surface area contributed by atoms with E-state index in [4.69, 9.17) is 9.84 Å². The van der Waals surface area contributed by atoms with Crippen molar-refractivity contribution in [3.05, 3.63) is 30.3 Å². The van der Waals surface area contributed by atoms with Crippen LogP contribution >= 0.6 is 0 Å². The van der Waals surface area contributed by atoms with Gasteiger partial charge in [-0.3, -0.25) is 4.79 Å². The van der Waals surface area contributed by atoms with E-state index in [2.05, 4.69) is 0 Å². The predicted octanol–water partition coefficient (Wildman–Crippen LogP) is 0.00760. The molecule has 1 N–H and O–H groups in total. The minimum absolute atomic E-state index is 0.0964. The molecule has 0 saturated carbocycles. The Kier molecular flexibility index (Phi) is 5.58. The Morgan fingerprint density at radius 3 is 2.50 bits per heavy atom. The first kappa shape index (κ1) is 18.4. The molecule has 1 saturated heterocycles. The van der Waals surface area contributed by atoms with Gasteiger partial charge in [-0.15, -0.1) is 0 Å². The van der Waals surface area contributed by atoms with Crippen molar-refractivity contribution >= 4 is 21.9 Å². The Balaban J connectivity index is 2.07. The summed E-state index contributed by atoms with van der Waals surface area (Å²) >= 11 is 0. The van der Waals surface area contributed by atoms with Crippen molar-refractivity contribution in [3.63, 3.8) is 0 Å². The van der Waals surface area contributed by atoms with Crippen molar-refractivity contribution in [2.75, 3.05) is 26.7 Å². The van der Waals surface area contributed by atoms with Gasteiger partial charge in [-0.25, -0.2) is 13.2 Å². The summed E-state index contributed by atoms with van der Waals surface area (Å²) in [6.07, 6.45) is -1.53. The van der Waals surface area contributed by atoms with E-state index in [9.17, 15) is 18.0 Å². The zero-order valence-corrected chi connectivity index (χ0v) is 14.3. The van der Waals surface area contributed by atoms with Gasteiger partial charge in [0.2, 0.25) is 15.9 Å². The quantitative estimate of drug-likeness (QED) is 0.797. The summed E-state index contributed by atoms with van der Waals surface area (Å²) in [6.45, 7) is 1.43. The van der Waals surface area contributed by atoms with E-state index < -0.39 is 34.1 Å². The highest BCUT2D eigenvalue weighted by Gasteiger charge is 2.34. The molecule has 2 atom stereocenters. The van der Waals surface area contributed by atoms with Crippen molar-refractivity contribution < 1.29 is 27.9 Å². The van der Waals surface area contributed by atoms with Gasteiger partial charge < -0.3 is 14.7 Å². The standard InChI is InChI=1S/C15H20N2O6S/c1-11-8-17(9-13(23-11)15(19)20)14(18)10-16(2)24(21,22)12-6-4-3-5-7-12/h3-7,11,13H,8-10H2,1-2H3,(H,19,20)/t11-,13?/m1/s1. The first-order valence-corrected chi connectivity index (χ1v) is 8.83. The van der Waals surface area contributed by atoms with E-state index in [-0.39, 0.29) is 24.5 Å². The maximum absolute atomic E-state index is 12.4. The number of likely N-dealkylation sites (N-methyl/N-ethyl adjacent to an activating group) is 1. The van der Waals surface area contributed by atoms with E-state index in [0.717, 1.165) is 4.31 Å². The second-order valence-corrected chi connectivity index (χ2v) is 7.69. The molecule has 8 nitrogen and oxygen atoms in total. The summed E-state index contributed by atoms with van der Waals surface area (Å²) in [5, 5.41) is 9.05. The van der Waals surface area contributed by atoms with Crippen LogP contribution in [0, 0.1) is 0 Å². The number of hydrogen-bond donors (Lipinski definition) is 1. The lowest BCUT2D eigenvalue weighted by atomic mass is 10.2. The molecule has 1 aliphatic rings. The first-order chi connectivity index (χ1) is 11.2. The van der Waals surface area contributed by atoms with Crippen LogP contribution in [0.15, 0.2) is 35.2 Å². The average molecular weight is 356 g/mol. The molecule has 0 spiro atoms. The topological polar surface area (TPSA) is 104 Å². The fourth-order valence-corrected chi connectivity index (χ4v) is 3.58. The Labute approximate surface area is 140 Å². The second-order valence-electron chi connectivity index (χ2n) is 5.65. The third-order valence-corrected chi connectivity index (χ3v) is 5.52. The second kappa shape index (κ2) is 7.29. The highest BCUT2D eigenvalue weighted by Crippen LogP contribution is 2.15. The minimum Gasteiger partial charge on any atom is -0.479 e. The number of aliphatic carboxylic acids is 1. The van der Waals surface area contributed by atoms with Crippen molar-refractivity contribution in [1.82, 2.24) is 9.21 Å². The SMILES string of the molecule is C[C@@H]1CN(C(=O)CN(C)S(=O)(=O)c2ccccc2)CC(C(=O)O)O1. The summed E-state index contributed by atoms with van der Waals surface area (Å²) < 4.78 is 31.1. The molecule has 1 heterocycles. The molecule has 1 fully saturated rings. The molecule has 9 heteroatoms. The largest absolute Gasteiger partial charge is 0.479 e. The number of carboxylic acid groups (broad SMARTS) is 1. The van der Waals surface area contributed by atoms with Gasteiger partial charge in [0.25, 0.3) is 0 Å². The van der Waals surface area contributed by atoms with Gasteiger partial charge in [-0.05, 0) is 19.1 Å². The number of morpholine rings is 1. The van der Waals surface area contributed by atoms with Gasteiger partial charge >= 0.3 is 5.97 Å². The Morgan fingerprint density at radius 2 is 1.92 bits per heavy atom. The summed E-state index contributed by atoms with van der Waals surface area (Å²) in [5.41, 5.74) is 0. The number of sulfonamides is 1. The van der Waals surface area contributed by atoms with E-state index in [1.807, 2.05) is 0 Å². The smallest absolute Gasteiger partial charge is 0.334 e. The van der Waals surface area contributed by atoms with Gasteiger partial charge in [-0.1, -0.05) is 18.2 Å². The van der Waals surface area contributed by atoms with Crippen LogP contribution in [0.4, 0.5) is 0 Å². The molecule has 0 bridgehead atoms. The molecule has 0 aromatic heterocycles. The number of carbonyl (C=O) groups excluding carboxylic acids is 1. The molecular formula is C15H20N2O6S.